The summed E-state index contributed by atoms with van der Waals surface area (Å²) in [5.41, 5.74) is 4.80. The summed E-state index contributed by atoms with van der Waals surface area (Å²) in [6.07, 6.45) is 0. The summed E-state index contributed by atoms with van der Waals surface area (Å²) in [6, 6.07) is 2.25. The molecule has 7 nitrogen and oxygen atoms in total. The van der Waals surface area contributed by atoms with Crippen LogP contribution in [0.4, 0.5) is 5.69 Å². The number of nitrogens with zero attached hydrogens (tertiary/aromatic N) is 2. The first-order valence-corrected chi connectivity index (χ1v) is 4.94. The molecule has 1 aromatic rings. The Balaban J connectivity index is 3.04. The van der Waals surface area contributed by atoms with Gasteiger partial charge in [0.25, 0.3) is 0 Å². The highest BCUT2D eigenvalue weighted by Crippen LogP contribution is 2.35. The summed E-state index contributed by atoms with van der Waals surface area (Å²) in [5.74, 6) is -0.346. The van der Waals surface area contributed by atoms with Crippen molar-refractivity contribution >= 4 is 34.7 Å². The van der Waals surface area contributed by atoms with E-state index in [9.17, 15) is 10.1 Å². The molecule has 1 aromatic carbocycles. The van der Waals surface area contributed by atoms with Crippen LogP contribution in [0.1, 0.15) is 0 Å². The van der Waals surface area contributed by atoms with Gasteiger partial charge in [0.15, 0.2) is 11.6 Å². The van der Waals surface area contributed by atoms with E-state index in [1.807, 2.05) is 0 Å². The predicted molar refractivity (Wildman–Crippen MR) is 62.0 cm³/mol. The second kappa shape index (κ2) is 5.55. The molecule has 9 heteroatoms. The highest BCUT2D eigenvalue weighted by molar-refractivity contribution is 6.42. The number of nitro benzene ring substituents is 1. The van der Waals surface area contributed by atoms with Gasteiger partial charge >= 0.3 is 5.69 Å². The molecule has 0 aromatic heterocycles. The molecule has 0 amide bonds. The topological polar surface area (TPSA) is 111 Å². The second-order valence-corrected chi connectivity index (χ2v) is 3.69. The Bertz CT molecular complexity index is 478. The maximum Gasteiger partial charge on any atom is 0.312 e. The monoisotopic (exact) mass is 279 g/mol. The molecule has 1 rings (SSSR count). The van der Waals surface area contributed by atoms with Gasteiger partial charge in [-0.25, -0.2) is 0 Å². The molecule has 0 saturated carbocycles. The zero-order valence-corrected chi connectivity index (χ0v) is 9.77. The molecule has 17 heavy (non-hydrogen) atoms. The summed E-state index contributed by atoms with van der Waals surface area (Å²) >= 11 is 11.3. The van der Waals surface area contributed by atoms with Gasteiger partial charge in [-0.15, -0.1) is 0 Å². The third-order valence-electron chi connectivity index (χ3n) is 1.70. The van der Waals surface area contributed by atoms with E-state index in [-0.39, 0.29) is 33.9 Å². The normalized spacial score (nSPS) is 11.3. The molecule has 0 saturated heterocycles. The Morgan fingerprint density at radius 1 is 1.53 bits per heavy atom. The summed E-state index contributed by atoms with van der Waals surface area (Å²) in [6.45, 7) is -0.310. The van der Waals surface area contributed by atoms with Gasteiger partial charge in [-0.2, -0.15) is 0 Å². The van der Waals surface area contributed by atoms with E-state index in [2.05, 4.69) is 5.16 Å². The third kappa shape index (κ3) is 3.36. The fourth-order valence-electron chi connectivity index (χ4n) is 0.957. The van der Waals surface area contributed by atoms with Crippen LogP contribution in [0.2, 0.25) is 10.0 Å². The summed E-state index contributed by atoms with van der Waals surface area (Å²) in [4.78, 5) is 10.0. The zero-order valence-electron chi connectivity index (χ0n) is 8.26. The number of ether oxygens (including phenoxy) is 1. The maximum absolute atomic E-state index is 10.7. The van der Waals surface area contributed by atoms with Crippen molar-refractivity contribution in [3.63, 3.8) is 0 Å². The number of nitrogens with two attached hydrogens (primary N) is 1. The van der Waals surface area contributed by atoms with E-state index in [1.54, 1.807) is 0 Å². The number of nitro groups is 1. The van der Waals surface area contributed by atoms with E-state index in [0.29, 0.717) is 0 Å². The van der Waals surface area contributed by atoms with Gasteiger partial charge in [-0.3, -0.25) is 10.1 Å². The zero-order chi connectivity index (χ0) is 13.0. The number of hydrogen-bond acceptors (Lipinski definition) is 5. The first-order valence-electron chi connectivity index (χ1n) is 4.18. The van der Waals surface area contributed by atoms with Crippen molar-refractivity contribution in [1.82, 2.24) is 0 Å². The molecule has 0 fully saturated rings. The molecule has 0 radical (unpaired) electrons. The minimum Gasteiger partial charge on any atom is -0.479 e. The van der Waals surface area contributed by atoms with E-state index in [0.717, 1.165) is 6.07 Å². The quantitative estimate of drug-likeness (QED) is 0.288. The van der Waals surface area contributed by atoms with Gasteiger partial charge < -0.3 is 15.7 Å². The summed E-state index contributed by atoms with van der Waals surface area (Å²) < 4.78 is 4.99. The van der Waals surface area contributed by atoms with Crippen molar-refractivity contribution in [3.8, 4) is 5.75 Å². The average molecular weight is 280 g/mol. The van der Waals surface area contributed by atoms with Gasteiger partial charge in [0.05, 0.1) is 15.0 Å². The van der Waals surface area contributed by atoms with Crippen LogP contribution >= 0.6 is 23.2 Å². The minimum absolute atomic E-state index is 0.0366. The third-order valence-corrected chi connectivity index (χ3v) is 2.42. The second-order valence-electron chi connectivity index (χ2n) is 2.87. The summed E-state index contributed by atoms with van der Waals surface area (Å²) in [7, 11) is 0. The first kappa shape index (κ1) is 13.3. The number of benzene rings is 1. The van der Waals surface area contributed by atoms with Crippen LogP contribution < -0.4 is 10.5 Å². The molecule has 0 spiro atoms. The van der Waals surface area contributed by atoms with Crippen molar-refractivity contribution in [3.05, 3.63) is 32.3 Å². The van der Waals surface area contributed by atoms with Crippen LogP contribution in [0.15, 0.2) is 17.3 Å². The molecule has 0 bridgehead atoms. The van der Waals surface area contributed by atoms with Gasteiger partial charge in [-0.05, 0) is 0 Å². The molecular formula is C8H7Cl2N3O4. The Morgan fingerprint density at radius 3 is 2.65 bits per heavy atom. The fraction of sp³-hybridized carbons (Fsp3) is 0.125. The number of oxime groups is 1. The SMILES string of the molecule is N/C(COc1cc(Cl)c(Cl)cc1[N+](=O)[O-])=N/O. The maximum atomic E-state index is 10.7. The lowest BCUT2D eigenvalue weighted by Crippen LogP contribution is -2.21. The smallest absolute Gasteiger partial charge is 0.312 e. The van der Waals surface area contributed by atoms with Crippen LogP contribution in [0.3, 0.4) is 0 Å². The van der Waals surface area contributed by atoms with Gasteiger partial charge in [0.2, 0.25) is 0 Å². The van der Waals surface area contributed by atoms with Crippen LogP contribution in [0.5, 0.6) is 5.75 Å². The van der Waals surface area contributed by atoms with Gasteiger partial charge in [0, 0.05) is 12.1 Å². The lowest BCUT2D eigenvalue weighted by Gasteiger charge is -2.06. The Labute approximate surface area is 106 Å². The van der Waals surface area contributed by atoms with Crippen molar-refractivity contribution in [2.75, 3.05) is 6.61 Å². The number of hydrogen-bond donors (Lipinski definition) is 2. The van der Waals surface area contributed by atoms with Crippen LogP contribution in [0, 0.1) is 10.1 Å². The number of halogens is 2. The molecule has 3 N–H and O–H groups in total. The Kier molecular flexibility index (Phi) is 4.36. The van der Waals surface area contributed by atoms with Crippen molar-refractivity contribution < 1.29 is 14.9 Å². The molecule has 0 unspecified atom stereocenters. The lowest BCUT2D eigenvalue weighted by molar-refractivity contribution is -0.385. The van der Waals surface area contributed by atoms with Gasteiger partial charge in [0.1, 0.15) is 6.61 Å². The number of rotatable bonds is 4. The van der Waals surface area contributed by atoms with Crippen LogP contribution in [0.25, 0.3) is 0 Å². The largest absolute Gasteiger partial charge is 0.479 e. The molecule has 0 aliphatic carbocycles. The first-order chi connectivity index (χ1) is 7.95. The van der Waals surface area contributed by atoms with E-state index in [1.165, 1.54) is 6.07 Å². The Morgan fingerprint density at radius 2 is 2.12 bits per heavy atom. The minimum atomic E-state index is -0.677. The van der Waals surface area contributed by atoms with E-state index in [4.69, 9.17) is 38.9 Å². The van der Waals surface area contributed by atoms with Gasteiger partial charge in [-0.1, -0.05) is 28.4 Å². The van der Waals surface area contributed by atoms with E-state index < -0.39 is 4.92 Å². The molecular weight excluding hydrogens is 273 g/mol. The molecule has 0 aliphatic rings. The standard InChI is InChI=1S/C8H7Cl2N3O4/c9-4-1-6(13(15)16)7(2-5(4)10)17-3-8(11)12-14/h1-2,14H,3H2,(H2,11,12). The van der Waals surface area contributed by atoms with Crippen LogP contribution in [-0.4, -0.2) is 22.6 Å². The molecule has 92 valence electrons. The molecule has 0 aliphatic heterocycles. The predicted octanol–water partition coefficient (Wildman–Crippen LogP) is 2.03. The van der Waals surface area contributed by atoms with Crippen LogP contribution in [-0.2, 0) is 0 Å². The highest BCUT2D eigenvalue weighted by Gasteiger charge is 2.18. The van der Waals surface area contributed by atoms with E-state index >= 15 is 0 Å². The van der Waals surface area contributed by atoms with Crippen molar-refractivity contribution in [2.24, 2.45) is 10.9 Å². The Hall–Kier alpha value is -1.73. The summed E-state index contributed by atoms with van der Waals surface area (Å²) in [5, 5.41) is 21.8. The average Bonchev–Trinajstić information content (AvgIpc) is 2.29. The lowest BCUT2D eigenvalue weighted by atomic mass is 10.3. The highest BCUT2D eigenvalue weighted by atomic mass is 35.5. The van der Waals surface area contributed by atoms with Crippen molar-refractivity contribution in [1.29, 1.82) is 0 Å². The number of amidine groups is 1. The molecule has 0 atom stereocenters. The fourth-order valence-corrected chi connectivity index (χ4v) is 1.27. The molecule has 0 heterocycles. The van der Waals surface area contributed by atoms with Crippen molar-refractivity contribution in [2.45, 2.75) is 0 Å².